The molecule has 0 aliphatic carbocycles. The summed E-state index contributed by atoms with van der Waals surface area (Å²) in [6.45, 7) is 19.1. The first kappa shape index (κ1) is 27.1. The third-order valence-corrected chi connectivity index (χ3v) is 1.72. The fourth-order valence-corrected chi connectivity index (χ4v) is 0.977. The summed E-state index contributed by atoms with van der Waals surface area (Å²) in [5.41, 5.74) is 2.53. The van der Waals surface area contributed by atoms with Gasteiger partial charge in [0.05, 0.1) is 13.2 Å². The molecule has 0 fully saturated rings. The molecule has 0 unspecified atom stereocenters. The van der Waals surface area contributed by atoms with Crippen molar-refractivity contribution in [2.24, 2.45) is 0 Å². The van der Waals surface area contributed by atoms with E-state index in [1.807, 2.05) is 18.2 Å². The largest absolute Gasteiger partial charge is 0 e. The van der Waals surface area contributed by atoms with Crippen LogP contribution in [0.25, 0.3) is 0 Å². The Labute approximate surface area is 131 Å². The fourth-order valence-electron chi connectivity index (χ4n) is 0.977. The van der Waals surface area contributed by atoms with Gasteiger partial charge in [0.1, 0.15) is 0 Å². The molecule has 1 aromatic carbocycles. The standard InChI is InChI=1S/C12H16O.3CO.Cr/c1-11(2)8-9-13-10-12-6-4-3-5-7-12;3*1-2;/h3-8H,9-10H2,1-2H3;;;;. The van der Waals surface area contributed by atoms with E-state index < -0.39 is 0 Å². The summed E-state index contributed by atoms with van der Waals surface area (Å²) in [6.07, 6.45) is 2.09. The summed E-state index contributed by atoms with van der Waals surface area (Å²) in [7, 11) is 0. The second-order valence-electron chi connectivity index (χ2n) is 3.28. The van der Waals surface area contributed by atoms with E-state index >= 15 is 0 Å². The maximum absolute atomic E-state index is 7.50. The number of ether oxygens (including phenoxy) is 1. The molecule has 0 aromatic heterocycles. The summed E-state index contributed by atoms with van der Waals surface area (Å²) in [5.74, 6) is 0. The van der Waals surface area contributed by atoms with Crippen molar-refractivity contribution in [2.75, 3.05) is 6.61 Å². The maximum atomic E-state index is 7.50. The summed E-state index contributed by atoms with van der Waals surface area (Å²) in [6, 6.07) is 10.2. The van der Waals surface area contributed by atoms with Crippen LogP contribution < -0.4 is 0 Å². The number of allylic oxidation sites excluding steroid dienone is 1. The molecule has 106 valence electrons. The van der Waals surface area contributed by atoms with Crippen molar-refractivity contribution in [3.8, 4) is 0 Å². The molecule has 0 saturated heterocycles. The summed E-state index contributed by atoms with van der Waals surface area (Å²) in [5, 5.41) is 0. The van der Waals surface area contributed by atoms with Gasteiger partial charge in [-0.2, -0.15) is 0 Å². The molecule has 0 heterocycles. The van der Waals surface area contributed by atoms with Crippen LogP contribution in [0.2, 0.25) is 0 Å². The average Bonchev–Trinajstić information content (AvgIpc) is 2.51. The summed E-state index contributed by atoms with van der Waals surface area (Å²) >= 11 is 0. The van der Waals surface area contributed by atoms with Crippen molar-refractivity contribution >= 4 is 0 Å². The van der Waals surface area contributed by atoms with Gasteiger partial charge >= 0.3 is 33.9 Å². The van der Waals surface area contributed by atoms with E-state index in [-0.39, 0.29) is 17.4 Å². The molecule has 5 heteroatoms. The van der Waals surface area contributed by atoms with Crippen LogP contribution in [0.15, 0.2) is 42.0 Å². The molecule has 1 aromatic rings. The molecule has 0 bridgehead atoms. The first-order valence-corrected chi connectivity index (χ1v) is 5.15. The van der Waals surface area contributed by atoms with Gasteiger partial charge in [0.25, 0.3) is 0 Å². The maximum Gasteiger partial charge on any atom is 0 e. The van der Waals surface area contributed by atoms with Crippen LogP contribution >= 0.6 is 0 Å². The zero-order chi connectivity index (χ0) is 15.5. The predicted octanol–water partition coefficient (Wildman–Crippen LogP) is 3.05. The van der Waals surface area contributed by atoms with Gasteiger partial charge in [-0.15, -0.1) is 0 Å². The SMILES string of the molecule is CC(C)=CCOCc1ccccc1.[C-]#[O+].[C-]#[O+].[C-]#[O+].[Cr]. The van der Waals surface area contributed by atoms with Gasteiger partial charge < -0.3 is 4.74 Å². The molecule has 20 heavy (non-hydrogen) atoms. The molecular formula is C15H16CrO4. The Morgan fingerprint density at radius 3 is 1.85 bits per heavy atom. The quantitative estimate of drug-likeness (QED) is 0.364. The Hall–Kier alpha value is -1.33. The van der Waals surface area contributed by atoms with Crippen LogP contribution in [0.3, 0.4) is 0 Å². The van der Waals surface area contributed by atoms with Crippen LogP contribution in [0.5, 0.6) is 0 Å². The van der Waals surface area contributed by atoms with Gasteiger partial charge in [-0.1, -0.05) is 42.0 Å². The Bertz CT molecular complexity index is 362. The Kier molecular flexibility index (Phi) is 35.6. The van der Waals surface area contributed by atoms with Gasteiger partial charge in [0.15, 0.2) is 0 Å². The molecular weight excluding hydrogens is 296 g/mol. The average molecular weight is 312 g/mol. The van der Waals surface area contributed by atoms with Crippen molar-refractivity contribution in [3.05, 3.63) is 67.5 Å². The zero-order valence-electron chi connectivity index (χ0n) is 11.4. The minimum absolute atomic E-state index is 0. The number of hydrogen-bond donors (Lipinski definition) is 0. The monoisotopic (exact) mass is 312 g/mol. The second kappa shape index (κ2) is 26.3. The van der Waals surface area contributed by atoms with E-state index in [0.717, 1.165) is 0 Å². The number of rotatable bonds is 4. The first-order valence-electron chi connectivity index (χ1n) is 5.15. The van der Waals surface area contributed by atoms with E-state index in [0.29, 0.717) is 13.2 Å². The first-order chi connectivity index (χ1) is 9.29. The predicted molar refractivity (Wildman–Crippen MR) is 67.3 cm³/mol. The molecule has 0 amide bonds. The smallest absolute Gasteiger partial charge is 0 e. The van der Waals surface area contributed by atoms with Crippen molar-refractivity contribution in [3.63, 3.8) is 0 Å². The van der Waals surface area contributed by atoms with E-state index in [4.69, 9.17) is 18.7 Å². The molecule has 0 spiro atoms. The second-order valence-corrected chi connectivity index (χ2v) is 3.28. The van der Waals surface area contributed by atoms with Crippen molar-refractivity contribution < 1.29 is 36.1 Å². The van der Waals surface area contributed by atoms with Gasteiger partial charge in [-0.05, 0) is 19.4 Å². The molecule has 0 radical (unpaired) electrons. The normalized spacial score (nSPS) is 6.60. The van der Waals surface area contributed by atoms with Crippen LogP contribution in [0.4, 0.5) is 0 Å². The molecule has 0 saturated carbocycles. The molecule has 0 aliphatic rings. The Balaban J connectivity index is -0.000000162. The summed E-state index contributed by atoms with van der Waals surface area (Å²) < 4.78 is 28.0. The van der Waals surface area contributed by atoms with Crippen molar-refractivity contribution in [2.45, 2.75) is 20.5 Å². The molecule has 0 atom stereocenters. The van der Waals surface area contributed by atoms with E-state index in [2.05, 4.69) is 52.0 Å². The fraction of sp³-hybridized carbons (Fsp3) is 0.267. The van der Waals surface area contributed by atoms with E-state index in [1.54, 1.807) is 0 Å². The van der Waals surface area contributed by atoms with Crippen molar-refractivity contribution in [1.29, 1.82) is 0 Å². The van der Waals surface area contributed by atoms with Crippen LogP contribution in [-0.4, -0.2) is 6.61 Å². The molecule has 1 rings (SSSR count). The minimum Gasteiger partial charge on any atom is 0 e. The van der Waals surface area contributed by atoms with Crippen LogP contribution in [0, 0.1) is 20.0 Å². The topological polar surface area (TPSA) is 68.9 Å². The molecule has 4 nitrogen and oxygen atoms in total. The third kappa shape index (κ3) is 21.9. The third-order valence-electron chi connectivity index (χ3n) is 1.72. The van der Waals surface area contributed by atoms with Gasteiger partial charge in [0.2, 0.25) is 0 Å². The van der Waals surface area contributed by atoms with Crippen LogP contribution in [-0.2, 0) is 42.7 Å². The van der Waals surface area contributed by atoms with Gasteiger partial charge in [-0.3, -0.25) is 0 Å². The zero-order valence-corrected chi connectivity index (χ0v) is 12.7. The van der Waals surface area contributed by atoms with Gasteiger partial charge in [-0.25, -0.2) is 0 Å². The van der Waals surface area contributed by atoms with E-state index in [9.17, 15) is 0 Å². The van der Waals surface area contributed by atoms with Crippen LogP contribution in [0.1, 0.15) is 19.4 Å². The van der Waals surface area contributed by atoms with Crippen molar-refractivity contribution in [1.82, 2.24) is 0 Å². The molecule has 0 aliphatic heterocycles. The Morgan fingerprint density at radius 1 is 1.00 bits per heavy atom. The molecule has 0 N–H and O–H groups in total. The Morgan fingerprint density at radius 2 is 1.45 bits per heavy atom. The summed E-state index contributed by atoms with van der Waals surface area (Å²) in [4.78, 5) is 0. The minimum atomic E-state index is 0. The van der Waals surface area contributed by atoms with E-state index in [1.165, 1.54) is 11.1 Å². The van der Waals surface area contributed by atoms with Gasteiger partial charge in [0, 0.05) is 17.4 Å². The number of benzene rings is 1. The number of hydrogen-bond acceptors (Lipinski definition) is 1.